The minimum absolute atomic E-state index is 0.360. The predicted molar refractivity (Wildman–Crippen MR) is 112 cm³/mol. The Balaban J connectivity index is 1.62. The van der Waals surface area contributed by atoms with Crippen molar-refractivity contribution in [3.8, 4) is 11.5 Å². The third-order valence-corrected chi connectivity index (χ3v) is 4.21. The van der Waals surface area contributed by atoms with Crippen molar-refractivity contribution in [2.24, 2.45) is 5.10 Å². The Kier molecular flexibility index (Phi) is 6.42. The molecule has 0 spiro atoms. The summed E-state index contributed by atoms with van der Waals surface area (Å²) >= 11 is 0. The quantitative estimate of drug-likeness (QED) is 0.367. The highest BCUT2D eigenvalue weighted by atomic mass is 16.5. The average molecular weight is 391 g/mol. The van der Waals surface area contributed by atoms with E-state index in [1.807, 2.05) is 36.4 Å². The van der Waals surface area contributed by atoms with Crippen LogP contribution in [-0.2, 0) is 9.59 Å². The van der Waals surface area contributed by atoms with Crippen molar-refractivity contribution >= 4 is 34.5 Å². The van der Waals surface area contributed by atoms with Crippen molar-refractivity contribution in [3.63, 3.8) is 0 Å². The molecule has 0 heterocycles. The van der Waals surface area contributed by atoms with Crippen LogP contribution in [0.3, 0.4) is 0 Å². The summed E-state index contributed by atoms with van der Waals surface area (Å²) in [6.45, 7) is 0. The van der Waals surface area contributed by atoms with Crippen molar-refractivity contribution in [3.05, 3.63) is 66.2 Å². The van der Waals surface area contributed by atoms with E-state index in [9.17, 15) is 9.59 Å². The van der Waals surface area contributed by atoms with Crippen LogP contribution in [0.1, 0.15) is 12.0 Å². The van der Waals surface area contributed by atoms with E-state index in [2.05, 4.69) is 15.8 Å². The lowest BCUT2D eigenvalue weighted by molar-refractivity contribution is -0.126. The number of nitrogens with zero attached hydrogens (tertiary/aromatic N) is 1. The maximum atomic E-state index is 12.0. The fourth-order valence-electron chi connectivity index (χ4n) is 2.85. The van der Waals surface area contributed by atoms with Gasteiger partial charge in [0, 0.05) is 17.3 Å². The number of anilines is 1. The van der Waals surface area contributed by atoms with Gasteiger partial charge < -0.3 is 14.8 Å². The average Bonchev–Trinajstić information content (AvgIpc) is 2.73. The number of methoxy groups -OCH3 is 2. The first-order valence-electron chi connectivity index (χ1n) is 8.92. The molecule has 7 nitrogen and oxygen atoms in total. The molecule has 0 saturated carbocycles. The molecule has 0 fully saturated rings. The molecular weight excluding hydrogens is 370 g/mol. The molecule has 0 bridgehead atoms. The lowest BCUT2D eigenvalue weighted by atomic mass is 10.0. The molecule has 0 aliphatic heterocycles. The number of hydrazone groups is 1. The van der Waals surface area contributed by atoms with Crippen molar-refractivity contribution in [1.29, 1.82) is 0 Å². The molecule has 0 unspecified atom stereocenters. The number of rotatable bonds is 7. The summed E-state index contributed by atoms with van der Waals surface area (Å²) in [6.07, 6.45) is 1.15. The van der Waals surface area contributed by atoms with Gasteiger partial charge in [0.25, 0.3) is 0 Å². The van der Waals surface area contributed by atoms with Crippen LogP contribution in [0.4, 0.5) is 5.69 Å². The van der Waals surface area contributed by atoms with E-state index in [-0.39, 0.29) is 6.42 Å². The molecule has 0 aliphatic rings. The van der Waals surface area contributed by atoms with Gasteiger partial charge >= 0.3 is 0 Å². The van der Waals surface area contributed by atoms with Crippen molar-refractivity contribution in [1.82, 2.24) is 5.43 Å². The molecule has 0 aromatic heterocycles. The Bertz CT molecular complexity index is 1060. The molecule has 2 N–H and O–H groups in total. The molecule has 3 rings (SSSR count). The molecule has 3 aromatic carbocycles. The topological polar surface area (TPSA) is 89.0 Å². The molecule has 0 aliphatic carbocycles. The largest absolute Gasteiger partial charge is 0.497 e. The molecule has 2 amide bonds. The highest BCUT2D eigenvalue weighted by molar-refractivity contribution is 6.05. The SMILES string of the molecule is COc1cccc(NC(=O)CC(=O)NN=Cc2c(OC)ccc3ccccc23)c1. The second-order valence-electron chi connectivity index (χ2n) is 6.15. The number of nitrogens with one attached hydrogen (secondary N) is 2. The monoisotopic (exact) mass is 391 g/mol. The summed E-state index contributed by atoms with van der Waals surface area (Å²) in [5, 5.41) is 8.60. The van der Waals surface area contributed by atoms with Gasteiger partial charge in [0.15, 0.2) is 0 Å². The third-order valence-electron chi connectivity index (χ3n) is 4.21. The first kappa shape index (κ1) is 19.9. The number of hydrogen-bond acceptors (Lipinski definition) is 5. The summed E-state index contributed by atoms with van der Waals surface area (Å²) in [7, 11) is 3.11. The Hall–Kier alpha value is -3.87. The van der Waals surface area contributed by atoms with Crippen molar-refractivity contribution in [2.75, 3.05) is 19.5 Å². The van der Waals surface area contributed by atoms with Crippen molar-refractivity contribution < 1.29 is 19.1 Å². The first-order chi connectivity index (χ1) is 14.1. The fourth-order valence-corrected chi connectivity index (χ4v) is 2.85. The molecule has 7 heteroatoms. The van der Waals surface area contributed by atoms with Gasteiger partial charge in [-0.15, -0.1) is 0 Å². The molecular formula is C22H21N3O4. The number of hydrogen-bond donors (Lipinski definition) is 2. The lowest BCUT2D eigenvalue weighted by Gasteiger charge is -2.08. The van der Waals surface area contributed by atoms with Gasteiger partial charge in [0.05, 0.1) is 20.4 Å². The third kappa shape index (κ3) is 5.10. The second-order valence-corrected chi connectivity index (χ2v) is 6.15. The van der Waals surface area contributed by atoms with Crippen LogP contribution >= 0.6 is 0 Å². The highest BCUT2D eigenvalue weighted by Crippen LogP contribution is 2.26. The maximum absolute atomic E-state index is 12.0. The van der Waals surface area contributed by atoms with Crippen LogP contribution in [-0.4, -0.2) is 32.2 Å². The molecule has 0 saturated heterocycles. The number of carbonyl (C=O) groups excluding carboxylic acids is 2. The van der Waals surface area contributed by atoms with Crippen LogP contribution in [0.2, 0.25) is 0 Å². The molecule has 0 atom stereocenters. The van der Waals surface area contributed by atoms with E-state index < -0.39 is 11.8 Å². The van der Waals surface area contributed by atoms with Crippen LogP contribution in [0, 0.1) is 0 Å². The smallest absolute Gasteiger partial charge is 0.249 e. The van der Waals surface area contributed by atoms with Gasteiger partial charge in [0.2, 0.25) is 11.8 Å². The van der Waals surface area contributed by atoms with Gasteiger partial charge in [0.1, 0.15) is 17.9 Å². The summed E-state index contributed by atoms with van der Waals surface area (Å²) in [4.78, 5) is 24.1. The minimum atomic E-state index is -0.527. The zero-order valence-electron chi connectivity index (χ0n) is 16.1. The summed E-state index contributed by atoms with van der Waals surface area (Å²) in [5.41, 5.74) is 3.67. The minimum Gasteiger partial charge on any atom is -0.497 e. The zero-order valence-corrected chi connectivity index (χ0v) is 16.1. The summed E-state index contributed by atoms with van der Waals surface area (Å²) in [6, 6.07) is 18.5. The van der Waals surface area contributed by atoms with Crippen molar-refractivity contribution in [2.45, 2.75) is 6.42 Å². The highest BCUT2D eigenvalue weighted by Gasteiger charge is 2.10. The van der Waals surface area contributed by atoms with E-state index in [1.165, 1.54) is 13.3 Å². The molecule has 3 aromatic rings. The summed E-state index contributed by atoms with van der Waals surface area (Å²) < 4.78 is 10.5. The Morgan fingerprint density at radius 3 is 2.59 bits per heavy atom. The van der Waals surface area contributed by atoms with E-state index in [0.29, 0.717) is 17.2 Å². The first-order valence-corrected chi connectivity index (χ1v) is 8.92. The summed E-state index contributed by atoms with van der Waals surface area (Å²) in [5.74, 6) is 0.271. The predicted octanol–water partition coefficient (Wildman–Crippen LogP) is 3.34. The van der Waals surface area contributed by atoms with Gasteiger partial charge in [-0.25, -0.2) is 5.43 Å². The van der Waals surface area contributed by atoms with Gasteiger partial charge in [-0.2, -0.15) is 5.10 Å². The van der Waals surface area contributed by atoms with E-state index in [4.69, 9.17) is 9.47 Å². The van der Waals surface area contributed by atoms with Gasteiger partial charge in [-0.3, -0.25) is 9.59 Å². The number of carbonyl (C=O) groups is 2. The number of fused-ring (bicyclic) bond motifs is 1. The lowest BCUT2D eigenvalue weighted by Crippen LogP contribution is -2.24. The molecule has 148 valence electrons. The number of benzene rings is 3. The zero-order chi connectivity index (χ0) is 20.6. The standard InChI is InChI=1S/C22H21N3O4/c1-28-17-8-5-7-16(12-17)24-21(26)13-22(27)25-23-14-19-18-9-4-3-6-15(18)10-11-20(19)29-2/h3-12,14H,13H2,1-2H3,(H,24,26)(H,25,27). The van der Waals surface area contributed by atoms with Crippen LogP contribution < -0.4 is 20.2 Å². The molecule has 29 heavy (non-hydrogen) atoms. The second kappa shape index (κ2) is 9.36. The number of amides is 2. The fraction of sp³-hybridized carbons (Fsp3) is 0.136. The Labute approximate surface area is 168 Å². The Morgan fingerprint density at radius 1 is 0.966 bits per heavy atom. The van der Waals surface area contributed by atoms with Crippen LogP contribution in [0.5, 0.6) is 11.5 Å². The van der Waals surface area contributed by atoms with E-state index in [1.54, 1.807) is 31.4 Å². The van der Waals surface area contributed by atoms with E-state index >= 15 is 0 Å². The van der Waals surface area contributed by atoms with Gasteiger partial charge in [-0.05, 0) is 29.0 Å². The van der Waals surface area contributed by atoms with Gasteiger partial charge in [-0.1, -0.05) is 36.4 Å². The Morgan fingerprint density at radius 2 is 1.79 bits per heavy atom. The van der Waals surface area contributed by atoms with Crippen LogP contribution in [0.25, 0.3) is 10.8 Å². The normalized spacial score (nSPS) is 10.7. The van der Waals surface area contributed by atoms with Crippen LogP contribution in [0.15, 0.2) is 65.8 Å². The molecule has 0 radical (unpaired) electrons. The van der Waals surface area contributed by atoms with E-state index in [0.717, 1.165) is 16.3 Å². The number of ether oxygens (including phenoxy) is 2. The maximum Gasteiger partial charge on any atom is 0.249 e.